The maximum Gasteiger partial charge on any atom is 0.492 e. The van der Waals surface area contributed by atoms with E-state index in [1.54, 1.807) is 6.08 Å². The second-order valence-corrected chi connectivity index (χ2v) is 6.69. The third-order valence-corrected chi connectivity index (χ3v) is 4.53. The predicted molar refractivity (Wildman–Crippen MR) is 90.5 cm³/mol. The summed E-state index contributed by atoms with van der Waals surface area (Å²) in [6.07, 6.45) is 1.56. The molecule has 1 heterocycles. The highest BCUT2D eigenvalue weighted by molar-refractivity contribution is 6.55. The zero-order valence-electron chi connectivity index (χ0n) is 14.6. The zero-order chi connectivity index (χ0) is 18.1. The molecule has 0 saturated carbocycles. The lowest BCUT2D eigenvalue weighted by atomic mass is 9.77. The van der Waals surface area contributed by atoms with Gasteiger partial charge in [0.1, 0.15) is 0 Å². The maximum atomic E-state index is 10.3. The first-order valence-electron chi connectivity index (χ1n) is 7.63. The van der Waals surface area contributed by atoms with Crippen molar-refractivity contribution in [2.24, 2.45) is 0 Å². The van der Waals surface area contributed by atoms with Gasteiger partial charge in [-0.2, -0.15) is 5.26 Å². The lowest BCUT2D eigenvalue weighted by molar-refractivity contribution is 0.00578. The molecule has 0 atom stereocenters. The Morgan fingerprint density at radius 1 is 1.29 bits per heavy atom. The molecule has 0 unspecified atom stereocenters. The average Bonchev–Trinajstić information content (AvgIpc) is 2.74. The van der Waals surface area contributed by atoms with Gasteiger partial charge in [-0.15, -0.1) is 0 Å². The van der Waals surface area contributed by atoms with Gasteiger partial charge < -0.3 is 24.3 Å². The van der Waals surface area contributed by atoms with Gasteiger partial charge in [0.2, 0.25) is 0 Å². The lowest BCUT2D eigenvalue weighted by Crippen LogP contribution is -2.41. The van der Waals surface area contributed by atoms with Crippen molar-refractivity contribution in [1.82, 2.24) is 0 Å². The summed E-state index contributed by atoms with van der Waals surface area (Å²) in [5.74, 6) is 0.0745. The van der Waals surface area contributed by atoms with Crippen molar-refractivity contribution in [1.29, 1.82) is 5.26 Å². The first-order valence-corrected chi connectivity index (χ1v) is 7.63. The smallest absolute Gasteiger partial charge is 0.492 e. The second kappa shape index (κ2) is 6.48. The summed E-state index contributed by atoms with van der Waals surface area (Å²) in [6, 6.07) is 4.97. The van der Waals surface area contributed by atoms with E-state index in [1.807, 2.05) is 33.8 Å². The number of aliphatic hydroxyl groups is 1. The van der Waals surface area contributed by atoms with E-state index in [1.165, 1.54) is 19.2 Å². The number of hydrogen-bond donors (Lipinski definition) is 2. The standard InChI is InChI=1S/C17H22BNO5/c1-16(2)17(3,4)24-18(23-16)13(10-20)8-12-6-11(9-19)7-14(22-5)15(12)21/h6-8,20-21H,10H2,1-5H3. The van der Waals surface area contributed by atoms with E-state index in [0.29, 0.717) is 16.6 Å². The number of aliphatic hydroxyl groups excluding tert-OH is 1. The van der Waals surface area contributed by atoms with Crippen molar-refractivity contribution in [2.45, 2.75) is 38.9 Å². The number of phenolic OH excluding ortho intramolecular Hbond substituents is 1. The van der Waals surface area contributed by atoms with E-state index >= 15 is 0 Å². The number of nitrogens with zero attached hydrogens (tertiary/aromatic N) is 1. The van der Waals surface area contributed by atoms with Crippen molar-refractivity contribution in [3.63, 3.8) is 0 Å². The molecule has 1 fully saturated rings. The Morgan fingerprint density at radius 2 is 1.88 bits per heavy atom. The van der Waals surface area contributed by atoms with Gasteiger partial charge >= 0.3 is 7.12 Å². The van der Waals surface area contributed by atoms with Crippen LogP contribution in [0.3, 0.4) is 0 Å². The molecule has 0 radical (unpaired) electrons. The van der Waals surface area contributed by atoms with Gasteiger partial charge in [-0.3, -0.25) is 0 Å². The number of aromatic hydroxyl groups is 1. The number of rotatable bonds is 4. The van der Waals surface area contributed by atoms with Gasteiger partial charge in [0.25, 0.3) is 0 Å². The molecule has 0 aliphatic carbocycles. The van der Waals surface area contributed by atoms with Crippen LogP contribution in [0.5, 0.6) is 11.5 Å². The molecule has 1 aromatic rings. The normalized spacial score (nSPS) is 19.2. The van der Waals surface area contributed by atoms with Crippen LogP contribution in [-0.2, 0) is 9.31 Å². The number of phenols is 1. The number of ether oxygens (including phenoxy) is 1. The molecule has 24 heavy (non-hydrogen) atoms. The van der Waals surface area contributed by atoms with Gasteiger partial charge in [0, 0.05) is 11.6 Å². The molecular weight excluding hydrogens is 309 g/mol. The molecule has 0 bridgehead atoms. The maximum absolute atomic E-state index is 10.3. The van der Waals surface area contributed by atoms with Crippen LogP contribution < -0.4 is 4.74 Å². The summed E-state index contributed by atoms with van der Waals surface area (Å²) in [6.45, 7) is 7.35. The Hall–Kier alpha value is -2.01. The molecule has 6 nitrogen and oxygen atoms in total. The Labute approximate surface area is 142 Å². The number of methoxy groups -OCH3 is 1. The molecular formula is C17H22BNO5. The van der Waals surface area contributed by atoms with Gasteiger partial charge in [0.05, 0.1) is 36.6 Å². The summed E-state index contributed by atoms with van der Waals surface area (Å²) >= 11 is 0. The van der Waals surface area contributed by atoms with Gasteiger partial charge in [-0.05, 0) is 39.2 Å². The molecule has 7 heteroatoms. The van der Waals surface area contributed by atoms with E-state index in [2.05, 4.69) is 0 Å². The predicted octanol–water partition coefficient (Wildman–Crippen LogP) is 2.28. The van der Waals surface area contributed by atoms with Crippen LogP contribution in [-0.4, -0.2) is 42.3 Å². The molecule has 0 amide bonds. The Morgan fingerprint density at radius 3 is 2.33 bits per heavy atom. The minimum absolute atomic E-state index is 0.112. The highest BCUT2D eigenvalue weighted by Gasteiger charge is 2.52. The third kappa shape index (κ3) is 3.27. The fourth-order valence-electron chi connectivity index (χ4n) is 2.34. The van der Waals surface area contributed by atoms with Crippen LogP contribution in [0.1, 0.15) is 38.8 Å². The van der Waals surface area contributed by atoms with Gasteiger partial charge in [-0.1, -0.05) is 6.08 Å². The molecule has 2 rings (SSSR count). The Balaban J connectivity index is 2.44. The first-order chi connectivity index (χ1) is 11.1. The average molecular weight is 331 g/mol. The molecule has 1 aromatic carbocycles. The third-order valence-electron chi connectivity index (χ3n) is 4.53. The second-order valence-electron chi connectivity index (χ2n) is 6.69. The molecule has 2 N–H and O–H groups in total. The van der Waals surface area contributed by atoms with Crippen LogP contribution >= 0.6 is 0 Å². The van der Waals surface area contributed by atoms with Crippen molar-refractivity contribution in [3.8, 4) is 17.6 Å². The van der Waals surface area contributed by atoms with Crippen LogP contribution in [0.2, 0.25) is 0 Å². The minimum Gasteiger partial charge on any atom is -0.504 e. The zero-order valence-corrected chi connectivity index (χ0v) is 14.6. The number of hydrogen-bond acceptors (Lipinski definition) is 6. The fraction of sp³-hybridized carbons (Fsp3) is 0.471. The highest BCUT2D eigenvalue weighted by atomic mass is 16.7. The summed E-state index contributed by atoms with van der Waals surface area (Å²) in [5.41, 5.74) is 0.0493. The highest BCUT2D eigenvalue weighted by Crippen LogP contribution is 2.39. The lowest BCUT2D eigenvalue weighted by Gasteiger charge is -2.32. The SMILES string of the molecule is COc1cc(C#N)cc(C=C(CO)B2OC(C)(C)C(C)(C)O2)c1O. The van der Waals surface area contributed by atoms with E-state index < -0.39 is 18.3 Å². The first kappa shape index (κ1) is 18.3. The van der Waals surface area contributed by atoms with Crippen molar-refractivity contribution < 1.29 is 24.3 Å². The largest absolute Gasteiger partial charge is 0.504 e. The van der Waals surface area contributed by atoms with E-state index in [9.17, 15) is 10.2 Å². The van der Waals surface area contributed by atoms with Gasteiger partial charge in [-0.25, -0.2) is 0 Å². The Bertz CT molecular complexity index is 690. The monoisotopic (exact) mass is 331 g/mol. The molecule has 1 aliphatic rings. The fourth-order valence-corrected chi connectivity index (χ4v) is 2.34. The quantitative estimate of drug-likeness (QED) is 0.823. The van der Waals surface area contributed by atoms with E-state index in [-0.39, 0.29) is 18.1 Å². The summed E-state index contributed by atoms with van der Waals surface area (Å²) < 4.78 is 16.9. The van der Waals surface area contributed by atoms with Crippen LogP contribution in [0, 0.1) is 11.3 Å². The number of nitriles is 1. The summed E-state index contributed by atoms with van der Waals surface area (Å²) in [4.78, 5) is 0. The van der Waals surface area contributed by atoms with Gasteiger partial charge in [0.15, 0.2) is 11.5 Å². The topological polar surface area (TPSA) is 91.9 Å². The van der Waals surface area contributed by atoms with Crippen molar-refractivity contribution in [2.75, 3.05) is 13.7 Å². The summed E-state index contributed by atoms with van der Waals surface area (Å²) in [5, 5.41) is 29.1. The molecule has 128 valence electrons. The van der Waals surface area contributed by atoms with E-state index in [0.717, 1.165) is 0 Å². The van der Waals surface area contributed by atoms with Crippen molar-refractivity contribution in [3.05, 3.63) is 28.7 Å². The molecule has 1 saturated heterocycles. The van der Waals surface area contributed by atoms with Crippen LogP contribution in [0.15, 0.2) is 17.6 Å². The minimum atomic E-state index is -0.740. The van der Waals surface area contributed by atoms with Crippen LogP contribution in [0.4, 0.5) is 0 Å². The molecule has 1 aliphatic heterocycles. The molecule has 0 spiro atoms. The summed E-state index contributed by atoms with van der Waals surface area (Å²) in [7, 11) is 0.668. The van der Waals surface area contributed by atoms with E-state index in [4.69, 9.17) is 19.3 Å². The molecule has 0 aromatic heterocycles. The van der Waals surface area contributed by atoms with Crippen LogP contribution in [0.25, 0.3) is 6.08 Å². The van der Waals surface area contributed by atoms with Crippen molar-refractivity contribution >= 4 is 13.2 Å². The Kier molecular flexibility index (Phi) is 4.95. The number of benzene rings is 1.